The number of alkyl halides is 3. The van der Waals surface area contributed by atoms with Crippen LogP contribution >= 0.6 is 0 Å². The van der Waals surface area contributed by atoms with Crippen molar-refractivity contribution < 1.29 is 18.0 Å². The van der Waals surface area contributed by atoms with E-state index >= 15 is 0 Å². The van der Waals surface area contributed by atoms with Crippen molar-refractivity contribution in [1.29, 1.82) is 0 Å². The smallest absolute Gasteiger partial charge is 0.366 e. The first-order chi connectivity index (χ1) is 8.91. The summed E-state index contributed by atoms with van der Waals surface area (Å²) in [5.41, 5.74) is 4.63. The molecule has 1 aliphatic carbocycles. The average Bonchev–Trinajstić information content (AvgIpc) is 2.37. The van der Waals surface area contributed by atoms with Crippen LogP contribution in [0.2, 0.25) is 0 Å². The molecule has 1 aromatic rings. The van der Waals surface area contributed by atoms with Gasteiger partial charge < -0.3 is 5.73 Å². The van der Waals surface area contributed by atoms with Gasteiger partial charge in [-0.25, -0.2) is 0 Å². The molecular formula is C14H16F3NO. The molecule has 1 aromatic carbocycles. The number of carbonyl (C=O) groups excluding carboxylic acids is 1. The predicted octanol–water partition coefficient (Wildman–Crippen LogP) is 3.85. The summed E-state index contributed by atoms with van der Waals surface area (Å²) in [5, 5.41) is 0. The van der Waals surface area contributed by atoms with Gasteiger partial charge in [-0.3, -0.25) is 4.79 Å². The molecule has 1 amide bonds. The first kappa shape index (κ1) is 13.9. The molecule has 0 aliphatic heterocycles. The molecule has 2 nitrogen and oxygen atoms in total. The molecule has 0 aromatic heterocycles. The van der Waals surface area contributed by atoms with Crippen LogP contribution in [-0.4, -0.2) is 5.91 Å². The number of halogens is 3. The fourth-order valence-electron chi connectivity index (χ4n) is 2.86. The SMILES string of the molecule is NC(=O)c1cccc(C(F)(F)F)c1C1CCCCC1. The molecule has 1 aliphatic rings. The topological polar surface area (TPSA) is 43.1 Å². The van der Waals surface area contributed by atoms with Crippen molar-refractivity contribution in [2.45, 2.75) is 44.2 Å². The molecule has 5 heteroatoms. The van der Waals surface area contributed by atoms with E-state index < -0.39 is 17.6 Å². The van der Waals surface area contributed by atoms with E-state index in [2.05, 4.69) is 0 Å². The minimum Gasteiger partial charge on any atom is -0.366 e. The number of primary amides is 1. The maximum atomic E-state index is 13.1. The second-order valence-corrected chi connectivity index (χ2v) is 4.96. The summed E-state index contributed by atoms with van der Waals surface area (Å²) in [6.07, 6.45) is -0.236. The Morgan fingerprint density at radius 2 is 1.79 bits per heavy atom. The van der Waals surface area contributed by atoms with Crippen LogP contribution in [-0.2, 0) is 6.18 Å². The second kappa shape index (κ2) is 5.23. The van der Waals surface area contributed by atoms with Crippen LogP contribution in [0.4, 0.5) is 13.2 Å². The average molecular weight is 271 g/mol. The van der Waals surface area contributed by atoms with Crippen LogP contribution in [0.1, 0.15) is 59.5 Å². The largest absolute Gasteiger partial charge is 0.416 e. The highest BCUT2D eigenvalue weighted by atomic mass is 19.4. The van der Waals surface area contributed by atoms with Crippen molar-refractivity contribution in [2.24, 2.45) is 5.73 Å². The van der Waals surface area contributed by atoms with E-state index in [0.29, 0.717) is 12.8 Å². The van der Waals surface area contributed by atoms with Gasteiger partial charge in [-0.15, -0.1) is 0 Å². The third kappa shape index (κ3) is 2.91. The van der Waals surface area contributed by atoms with Gasteiger partial charge in [-0.05, 0) is 36.5 Å². The molecule has 1 fully saturated rings. The Hall–Kier alpha value is -1.52. The van der Waals surface area contributed by atoms with Gasteiger partial charge in [0.25, 0.3) is 0 Å². The summed E-state index contributed by atoms with van der Waals surface area (Å²) in [5.74, 6) is -0.999. The van der Waals surface area contributed by atoms with Crippen LogP contribution < -0.4 is 5.73 Å². The Kier molecular flexibility index (Phi) is 3.83. The predicted molar refractivity (Wildman–Crippen MR) is 65.8 cm³/mol. The van der Waals surface area contributed by atoms with Gasteiger partial charge in [0.2, 0.25) is 5.91 Å². The second-order valence-electron chi connectivity index (χ2n) is 4.96. The minimum atomic E-state index is -4.45. The number of benzene rings is 1. The van der Waals surface area contributed by atoms with E-state index in [9.17, 15) is 18.0 Å². The number of carbonyl (C=O) groups is 1. The number of amides is 1. The van der Waals surface area contributed by atoms with Crippen molar-refractivity contribution >= 4 is 5.91 Å². The van der Waals surface area contributed by atoms with Gasteiger partial charge in [0.05, 0.1) is 5.56 Å². The van der Waals surface area contributed by atoms with Gasteiger partial charge in [-0.2, -0.15) is 13.2 Å². The van der Waals surface area contributed by atoms with Crippen LogP contribution in [0.3, 0.4) is 0 Å². The summed E-state index contributed by atoms with van der Waals surface area (Å²) >= 11 is 0. The molecule has 1 saturated carbocycles. The lowest BCUT2D eigenvalue weighted by atomic mass is 9.79. The quantitative estimate of drug-likeness (QED) is 0.872. The maximum absolute atomic E-state index is 13.1. The van der Waals surface area contributed by atoms with Gasteiger partial charge in [0.1, 0.15) is 0 Å². The Morgan fingerprint density at radius 1 is 1.16 bits per heavy atom. The summed E-state index contributed by atoms with van der Waals surface area (Å²) in [6.45, 7) is 0. The highest BCUT2D eigenvalue weighted by molar-refractivity contribution is 5.95. The molecule has 2 N–H and O–H groups in total. The summed E-state index contributed by atoms with van der Waals surface area (Å²) in [6, 6.07) is 3.67. The Bertz CT molecular complexity index is 476. The van der Waals surface area contributed by atoms with E-state index in [1.807, 2.05) is 0 Å². The third-order valence-electron chi connectivity index (χ3n) is 3.69. The molecule has 0 bridgehead atoms. The lowest BCUT2D eigenvalue weighted by molar-refractivity contribution is -0.138. The zero-order valence-corrected chi connectivity index (χ0v) is 10.5. The van der Waals surface area contributed by atoms with Gasteiger partial charge >= 0.3 is 6.18 Å². The van der Waals surface area contributed by atoms with E-state index in [1.165, 1.54) is 12.1 Å². The molecule has 0 radical (unpaired) electrons. The maximum Gasteiger partial charge on any atom is 0.416 e. The highest BCUT2D eigenvalue weighted by Crippen LogP contribution is 2.42. The third-order valence-corrected chi connectivity index (χ3v) is 3.69. The zero-order chi connectivity index (χ0) is 14.0. The molecule has 0 unspecified atom stereocenters. The highest BCUT2D eigenvalue weighted by Gasteiger charge is 2.37. The van der Waals surface area contributed by atoms with Crippen molar-refractivity contribution in [3.8, 4) is 0 Å². The summed E-state index contributed by atoms with van der Waals surface area (Å²) in [7, 11) is 0. The van der Waals surface area contributed by atoms with Crippen LogP contribution in [0.25, 0.3) is 0 Å². The number of nitrogens with two attached hydrogens (primary N) is 1. The monoisotopic (exact) mass is 271 g/mol. The van der Waals surface area contributed by atoms with E-state index in [4.69, 9.17) is 5.73 Å². The molecule has 0 saturated heterocycles. The first-order valence-electron chi connectivity index (χ1n) is 6.41. The molecule has 0 heterocycles. The van der Waals surface area contributed by atoms with Crippen LogP contribution in [0.15, 0.2) is 18.2 Å². The standard InChI is InChI=1S/C14H16F3NO/c15-14(16,17)11-8-4-7-10(13(18)19)12(11)9-5-2-1-3-6-9/h4,7-9H,1-3,5-6H2,(H2,18,19). The molecule has 0 atom stereocenters. The fourth-order valence-corrected chi connectivity index (χ4v) is 2.86. The molecule has 19 heavy (non-hydrogen) atoms. The van der Waals surface area contributed by atoms with Crippen molar-refractivity contribution in [3.63, 3.8) is 0 Å². The van der Waals surface area contributed by atoms with E-state index in [1.54, 1.807) is 0 Å². The fraction of sp³-hybridized carbons (Fsp3) is 0.500. The van der Waals surface area contributed by atoms with Gasteiger partial charge in [0.15, 0.2) is 0 Å². The van der Waals surface area contributed by atoms with Crippen molar-refractivity contribution in [2.75, 3.05) is 0 Å². The van der Waals surface area contributed by atoms with Crippen molar-refractivity contribution in [1.82, 2.24) is 0 Å². The van der Waals surface area contributed by atoms with E-state index in [-0.39, 0.29) is 17.0 Å². The lowest BCUT2D eigenvalue weighted by Crippen LogP contribution is -2.21. The minimum absolute atomic E-state index is 0.0155. The lowest BCUT2D eigenvalue weighted by Gasteiger charge is -2.26. The number of hydrogen-bond donors (Lipinski definition) is 1. The number of hydrogen-bond acceptors (Lipinski definition) is 1. The van der Waals surface area contributed by atoms with E-state index in [0.717, 1.165) is 25.3 Å². The van der Waals surface area contributed by atoms with Gasteiger partial charge in [0, 0.05) is 5.56 Å². The Morgan fingerprint density at radius 3 is 2.32 bits per heavy atom. The Balaban J connectivity index is 2.55. The van der Waals surface area contributed by atoms with Crippen molar-refractivity contribution in [3.05, 3.63) is 34.9 Å². The summed E-state index contributed by atoms with van der Waals surface area (Å²) < 4.78 is 39.3. The first-order valence-corrected chi connectivity index (χ1v) is 6.41. The number of rotatable bonds is 2. The normalized spacial score (nSPS) is 17.4. The Labute approximate surface area is 109 Å². The summed E-state index contributed by atoms with van der Waals surface area (Å²) in [4.78, 5) is 11.4. The molecular weight excluding hydrogens is 255 g/mol. The molecule has 0 spiro atoms. The van der Waals surface area contributed by atoms with Crippen LogP contribution in [0, 0.1) is 0 Å². The molecule has 104 valence electrons. The van der Waals surface area contributed by atoms with Gasteiger partial charge in [-0.1, -0.05) is 25.3 Å². The molecule has 2 rings (SSSR count). The van der Waals surface area contributed by atoms with Crippen LogP contribution in [0.5, 0.6) is 0 Å². The zero-order valence-electron chi connectivity index (χ0n) is 10.5.